The van der Waals surface area contributed by atoms with Gasteiger partial charge in [0.25, 0.3) is 5.19 Å². The van der Waals surface area contributed by atoms with E-state index in [1.165, 1.54) is 31.2 Å². The molecule has 2 aromatic carbocycles. The first-order chi connectivity index (χ1) is 12.3. The lowest BCUT2D eigenvalue weighted by Crippen LogP contribution is -2.05. The third-order valence-corrected chi connectivity index (χ3v) is 5.63. The molecule has 132 valence electrons. The Bertz CT molecular complexity index is 763. The molecule has 4 rings (SSSR count). The summed E-state index contributed by atoms with van der Waals surface area (Å²) in [6, 6.07) is 16.7. The van der Waals surface area contributed by atoms with Gasteiger partial charge in [0, 0.05) is 0 Å². The van der Waals surface area contributed by atoms with Crippen LogP contribution in [0.3, 0.4) is 0 Å². The van der Waals surface area contributed by atoms with Crippen molar-refractivity contribution in [2.45, 2.75) is 32.6 Å². The van der Waals surface area contributed by atoms with Crippen molar-refractivity contribution in [2.24, 2.45) is 23.5 Å². The molecule has 1 saturated carbocycles. The average Bonchev–Trinajstić information content (AvgIpc) is 3.42. The maximum absolute atomic E-state index is 5.92. The number of benzene rings is 2. The smallest absolute Gasteiger partial charge is 0.279 e. The second kappa shape index (κ2) is 8.43. The van der Waals surface area contributed by atoms with E-state index in [1.54, 1.807) is 11.3 Å². The van der Waals surface area contributed by atoms with Gasteiger partial charge in [-0.15, -0.1) is 0 Å². The predicted octanol–water partition coefficient (Wildman–Crippen LogP) is 4.89. The summed E-state index contributed by atoms with van der Waals surface area (Å²) in [4.78, 5) is 4.52. The van der Waals surface area contributed by atoms with Crippen molar-refractivity contribution < 1.29 is 4.74 Å². The lowest BCUT2D eigenvalue weighted by molar-refractivity contribution is 0.444. The maximum Gasteiger partial charge on any atom is 0.279 e. The highest BCUT2D eigenvalue weighted by Crippen LogP contribution is 2.40. The number of para-hydroxylation sites is 1. The normalized spacial score (nSPS) is 14.7. The summed E-state index contributed by atoms with van der Waals surface area (Å²) in [5.74, 6) is 10.7. The number of hydrogen-bond acceptors (Lipinski definition) is 5. The summed E-state index contributed by atoms with van der Waals surface area (Å²) in [5.41, 5.74) is 2.42. The van der Waals surface area contributed by atoms with Crippen LogP contribution in [0.2, 0.25) is 0 Å². The van der Waals surface area contributed by atoms with Crippen molar-refractivity contribution in [3.8, 4) is 10.9 Å². The van der Waals surface area contributed by atoms with Crippen LogP contribution >= 0.6 is 11.3 Å². The van der Waals surface area contributed by atoms with Gasteiger partial charge in [0.05, 0.1) is 10.2 Å². The Morgan fingerprint density at radius 2 is 1.84 bits per heavy atom. The Morgan fingerprint density at radius 3 is 2.48 bits per heavy atom. The Kier molecular flexibility index (Phi) is 6.02. The molecular weight excluding hydrogens is 330 g/mol. The van der Waals surface area contributed by atoms with Crippen molar-refractivity contribution in [1.29, 1.82) is 0 Å². The van der Waals surface area contributed by atoms with Gasteiger partial charge in [0.1, 0.15) is 5.75 Å². The van der Waals surface area contributed by atoms with Gasteiger partial charge in [-0.3, -0.25) is 11.7 Å². The molecule has 25 heavy (non-hydrogen) atoms. The van der Waals surface area contributed by atoms with E-state index < -0.39 is 0 Å². The highest BCUT2D eigenvalue weighted by atomic mass is 32.1. The molecule has 1 atom stereocenters. The molecule has 0 aliphatic heterocycles. The summed E-state index contributed by atoms with van der Waals surface area (Å²) in [7, 11) is 0. The minimum absolute atomic E-state index is 0.711. The van der Waals surface area contributed by atoms with Crippen molar-refractivity contribution in [3.05, 3.63) is 54.1 Å². The van der Waals surface area contributed by atoms with Crippen molar-refractivity contribution >= 4 is 21.6 Å². The molecule has 0 radical (unpaired) electrons. The first-order valence-electron chi connectivity index (χ1n) is 8.77. The van der Waals surface area contributed by atoms with E-state index in [0.717, 1.165) is 27.8 Å². The fourth-order valence-corrected chi connectivity index (χ4v) is 4.04. The van der Waals surface area contributed by atoms with Crippen molar-refractivity contribution in [3.63, 3.8) is 0 Å². The molecule has 1 unspecified atom stereocenters. The van der Waals surface area contributed by atoms with Crippen LogP contribution in [-0.4, -0.2) is 4.98 Å². The number of hydrogen-bond donors (Lipinski definition) is 2. The molecule has 0 spiro atoms. The lowest BCUT2D eigenvalue weighted by Gasteiger charge is -2.13. The monoisotopic (exact) mass is 355 g/mol. The van der Waals surface area contributed by atoms with E-state index in [1.807, 2.05) is 18.2 Å². The minimum atomic E-state index is 0.711. The van der Waals surface area contributed by atoms with Gasteiger partial charge >= 0.3 is 0 Å². The second-order valence-corrected chi connectivity index (χ2v) is 7.40. The number of aromatic nitrogens is 1. The molecule has 1 aliphatic rings. The molecule has 4 nitrogen and oxygen atoms in total. The molecule has 5 heteroatoms. The molecule has 3 aromatic rings. The largest absolute Gasteiger partial charge is 0.431 e. The van der Waals surface area contributed by atoms with Gasteiger partial charge < -0.3 is 4.74 Å². The van der Waals surface area contributed by atoms with E-state index in [4.69, 9.17) is 4.74 Å². The van der Waals surface area contributed by atoms with E-state index in [9.17, 15) is 0 Å². The predicted molar refractivity (Wildman–Crippen MR) is 105 cm³/mol. The molecule has 1 fully saturated rings. The molecule has 1 aliphatic carbocycles. The molecule has 4 N–H and O–H groups in total. The van der Waals surface area contributed by atoms with E-state index in [2.05, 4.69) is 53.9 Å². The molecule has 0 saturated heterocycles. The van der Waals surface area contributed by atoms with Gasteiger partial charge in [0.2, 0.25) is 0 Å². The fourth-order valence-electron chi connectivity index (χ4n) is 3.20. The zero-order chi connectivity index (χ0) is 17.6. The SMILES string of the molecule is CCC(Cc1ccc(Oc2nc3ccccc3s2)cc1)C1CC1.NN. The second-order valence-electron chi connectivity index (χ2n) is 6.40. The number of thiazole rings is 1. The van der Waals surface area contributed by atoms with Gasteiger partial charge in [0.15, 0.2) is 0 Å². The first kappa shape index (κ1) is 17.9. The number of fused-ring (bicyclic) bond motifs is 1. The van der Waals surface area contributed by atoms with Crippen LogP contribution in [0.25, 0.3) is 10.2 Å². The summed E-state index contributed by atoms with van der Waals surface area (Å²) in [6.07, 6.45) is 5.34. The zero-order valence-corrected chi connectivity index (χ0v) is 15.3. The minimum Gasteiger partial charge on any atom is -0.431 e. The Balaban J connectivity index is 0.000000880. The van der Waals surface area contributed by atoms with Crippen LogP contribution in [0.5, 0.6) is 10.9 Å². The van der Waals surface area contributed by atoms with E-state index in [-0.39, 0.29) is 0 Å². The number of nitrogens with zero attached hydrogens (tertiary/aromatic N) is 1. The first-order valence-corrected chi connectivity index (χ1v) is 9.59. The van der Waals surface area contributed by atoms with Gasteiger partial charge in [-0.05, 0) is 60.9 Å². The van der Waals surface area contributed by atoms with E-state index in [0.29, 0.717) is 5.19 Å². The van der Waals surface area contributed by atoms with Crippen LogP contribution in [-0.2, 0) is 6.42 Å². The number of ether oxygens (including phenoxy) is 1. The van der Waals surface area contributed by atoms with Crippen LogP contribution < -0.4 is 16.4 Å². The van der Waals surface area contributed by atoms with E-state index >= 15 is 0 Å². The topological polar surface area (TPSA) is 74.2 Å². The molecule has 0 amide bonds. The standard InChI is InChI=1S/C20H21NOS.H4N2/c1-2-15(16-9-10-16)13-14-7-11-17(12-8-14)22-20-21-18-5-3-4-6-19(18)23-20;1-2/h3-8,11-12,15-16H,2,9-10,13H2,1H3;1-2H2. The zero-order valence-electron chi connectivity index (χ0n) is 14.5. The fraction of sp³-hybridized carbons (Fsp3) is 0.350. The highest BCUT2D eigenvalue weighted by Gasteiger charge is 2.29. The van der Waals surface area contributed by atoms with Gasteiger partial charge in [-0.2, -0.15) is 0 Å². The average molecular weight is 356 g/mol. The number of nitrogens with two attached hydrogens (primary N) is 2. The van der Waals surface area contributed by atoms with Gasteiger partial charge in [-0.25, -0.2) is 4.98 Å². The van der Waals surface area contributed by atoms with Crippen molar-refractivity contribution in [2.75, 3.05) is 0 Å². The quantitative estimate of drug-likeness (QED) is 0.488. The van der Waals surface area contributed by atoms with Crippen molar-refractivity contribution in [1.82, 2.24) is 4.98 Å². The summed E-state index contributed by atoms with van der Waals surface area (Å²) >= 11 is 1.59. The van der Waals surface area contributed by atoms with Crippen LogP contribution in [0.1, 0.15) is 31.7 Å². The summed E-state index contributed by atoms with van der Waals surface area (Å²) in [5, 5.41) is 0.711. The lowest BCUT2D eigenvalue weighted by atomic mass is 9.92. The Morgan fingerprint density at radius 1 is 1.12 bits per heavy atom. The third kappa shape index (κ3) is 4.57. The molecule has 0 bridgehead atoms. The van der Waals surface area contributed by atoms with Crippen LogP contribution in [0.15, 0.2) is 48.5 Å². The Labute approximate surface area is 152 Å². The maximum atomic E-state index is 5.92. The number of hydrazine groups is 1. The van der Waals surface area contributed by atoms with Gasteiger partial charge in [-0.1, -0.05) is 48.9 Å². The Hall–Kier alpha value is -1.95. The van der Waals surface area contributed by atoms with Crippen LogP contribution in [0, 0.1) is 11.8 Å². The molecular formula is C20H25N3OS. The highest BCUT2D eigenvalue weighted by molar-refractivity contribution is 7.20. The van der Waals surface area contributed by atoms with Crippen LogP contribution in [0.4, 0.5) is 0 Å². The molecule has 1 heterocycles. The third-order valence-electron chi connectivity index (χ3n) is 4.71. The molecule has 1 aromatic heterocycles. The number of rotatable bonds is 6. The summed E-state index contributed by atoms with van der Waals surface area (Å²) < 4.78 is 7.08. The summed E-state index contributed by atoms with van der Waals surface area (Å²) in [6.45, 7) is 2.31.